The van der Waals surface area contributed by atoms with Gasteiger partial charge in [-0.15, -0.1) is 0 Å². The maximum absolute atomic E-state index is 12.8. The molecule has 1 aromatic carbocycles. The molecule has 1 amide bonds. The van der Waals surface area contributed by atoms with Crippen molar-refractivity contribution in [2.45, 2.75) is 26.8 Å². The van der Waals surface area contributed by atoms with Crippen LogP contribution in [0.4, 0.5) is 4.39 Å². The monoisotopic (exact) mass is 253 g/mol. The van der Waals surface area contributed by atoms with Gasteiger partial charge < -0.3 is 10.1 Å². The van der Waals surface area contributed by atoms with Crippen molar-refractivity contribution in [3.8, 4) is 0 Å². The van der Waals surface area contributed by atoms with Gasteiger partial charge in [0.15, 0.2) is 0 Å². The summed E-state index contributed by atoms with van der Waals surface area (Å²) in [5.74, 6) is -0.268. The maximum Gasteiger partial charge on any atom is 0.251 e. The zero-order valence-electron chi connectivity index (χ0n) is 11.1. The number of carbonyl (C=O) groups is 1. The first kappa shape index (κ1) is 14.6. The van der Waals surface area contributed by atoms with Gasteiger partial charge in [0.25, 0.3) is 5.91 Å². The summed E-state index contributed by atoms with van der Waals surface area (Å²) in [7, 11) is 0. The Hall–Kier alpha value is -1.42. The van der Waals surface area contributed by atoms with Crippen molar-refractivity contribution >= 4 is 5.91 Å². The van der Waals surface area contributed by atoms with Gasteiger partial charge in [-0.25, -0.2) is 4.39 Å². The van der Waals surface area contributed by atoms with Crippen LogP contribution in [0.5, 0.6) is 0 Å². The number of rotatable bonds is 6. The van der Waals surface area contributed by atoms with E-state index in [1.54, 1.807) is 0 Å². The van der Waals surface area contributed by atoms with Gasteiger partial charge in [0, 0.05) is 12.2 Å². The third kappa shape index (κ3) is 4.45. The van der Waals surface area contributed by atoms with E-state index in [0.717, 1.165) is 0 Å². The Morgan fingerprint density at radius 2 is 1.94 bits per heavy atom. The predicted molar refractivity (Wildman–Crippen MR) is 69.0 cm³/mol. The molecule has 0 fully saturated rings. The molecule has 0 aliphatic heterocycles. The average Bonchev–Trinajstić information content (AvgIpc) is 2.34. The van der Waals surface area contributed by atoms with Crippen LogP contribution in [-0.2, 0) is 4.74 Å². The number of hydrogen-bond donors (Lipinski definition) is 1. The Labute approximate surface area is 107 Å². The van der Waals surface area contributed by atoms with Crippen LogP contribution >= 0.6 is 0 Å². The molecule has 1 atom stereocenters. The van der Waals surface area contributed by atoms with E-state index in [-0.39, 0.29) is 23.7 Å². The van der Waals surface area contributed by atoms with Gasteiger partial charge >= 0.3 is 0 Å². The van der Waals surface area contributed by atoms with Crippen molar-refractivity contribution in [1.82, 2.24) is 5.32 Å². The summed E-state index contributed by atoms with van der Waals surface area (Å²) in [6, 6.07) is 5.47. The topological polar surface area (TPSA) is 38.3 Å². The van der Waals surface area contributed by atoms with Crippen LogP contribution in [0.25, 0.3) is 0 Å². The first-order chi connectivity index (χ1) is 8.54. The number of halogens is 1. The Balaban J connectivity index is 2.63. The number of carbonyl (C=O) groups excluding carboxylic acids is 1. The zero-order valence-corrected chi connectivity index (χ0v) is 11.1. The summed E-state index contributed by atoms with van der Waals surface area (Å²) in [5.41, 5.74) is 0.457. The molecule has 0 aliphatic carbocycles. The normalized spacial score (nSPS) is 12.5. The molecule has 1 aromatic rings. The highest BCUT2D eigenvalue weighted by Crippen LogP contribution is 2.06. The fraction of sp³-hybridized carbons (Fsp3) is 0.500. The van der Waals surface area contributed by atoms with Gasteiger partial charge in [0.1, 0.15) is 5.82 Å². The minimum atomic E-state index is -0.346. The van der Waals surface area contributed by atoms with Crippen LogP contribution in [0, 0.1) is 11.7 Å². The van der Waals surface area contributed by atoms with Gasteiger partial charge in [-0.1, -0.05) is 13.8 Å². The van der Waals surface area contributed by atoms with Gasteiger partial charge in [0.2, 0.25) is 0 Å². The summed E-state index contributed by atoms with van der Waals surface area (Å²) in [5, 5.41) is 2.90. The van der Waals surface area contributed by atoms with Gasteiger partial charge in [-0.3, -0.25) is 4.79 Å². The number of ether oxygens (including phenoxy) is 1. The molecule has 0 aliphatic rings. The minimum absolute atomic E-state index is 0.0393. The lowest BCUT2D eigenvalue weighted by Gasteiger charge is -2.22. The summed E-state index contributed by atoms with van der Waals surface area (Å²) in [4.78, 5) is 11.9. The number of amides is 1. The Kier molecular flexibility index (Phi) is 5.78. The van der Waals surface area contributed by atoms with Crippen LogP contribution in [0.3, 0.4) is 0 Å². The van der Waals surface area contributed by atoms with E-state index < -0.39 is 0 Å². The van der Waals surface area contributed by atoms with E-state index in [4.69, 9.17) is 4.74 Å². The SMILES string of the molecule is CCOCC(NC(=O)c1ccc(F)cc1)C(C)C. The average molecular weight is 253 g/mol. The van der Waals surface area contributed by atoms with Crippen molar-refractivity contribution in [2.75, 3.05) is 13.2 Å². The van der Waals surface area contributed by atoms with Gasteiger partial charge in [-0.2, -0.15) is 0 Å². The van der Waals surface area contributed by atoms with E-state index in [0.29, 0.717) is 18.8 Å². The lowest BCUT2D eigenvalue weighted by Crippen LogP contribution is -2.41. The molecule has 4 heteroatoms. The van der Waals surface area contributed by atoms with Crippen LogP contribution < -0.4 is 5.32 Å². The molecule has 1 unspecified atom stereocenters. The highest BCUT2D eigenvalue weighted by Gasteiger charge is 2.17. The molecule has 1 rings (SSSR count). The highest BCUT2D eigenvalue weighted by molar-refractivity contribution is 5.94. The summed E-state index contributed by atoms with van der Waals surface area (Å²) < 4.78 is 18.1. The second kappa shape index (κ2) is 7.11. The molecule has 0 spiro atoms. The first-order valence-corrected chi connectivity index (χ1v) is 6.18. The molecular weight excluding hydrogens is 233 g/mol. The molecule has 0 saturated heterocycles. The first-order valence-electron chi connectivity index (χ1n) is 6.18. The second-order valence-electron chi connectivity index (χ2n) is 4.49. The van der Waals surface area contributed by atoms with Crippen molar-refractivity contribution in [2.24, 2.45) is 5.92 Å². The van der Waals surface area contributed by atoms with Gasteiger partial charge in [0.05, 0.1) is 12.6 Å². The molecule has 0 aromatic heterocycles. The molecule has 0 heterocycles. The van der Waals surface area contributed by atoms with Crippen LogP contribution in [0.15, 0.2) is 24.3 Å². The van der Waals surface area contributed by atoms with Crippen molar-refractivity contribution in [3.05, 3.63) is 35.6 Å². The molecule has 0 saturated carbocycles. The molecule has 1 N–H and O–H groups in total. The van der Waals surface area contributed by atoms with Crippen LogP contribution in [0.1, 0.15) is 31.1 Å². The maximum atomic E-state index is 12.8. The van der Waals surface area contributed by atoms with E-state index in [9.17, 15) is 9.18 Å². The summed E-state index contributed by atoms with van der Waals surface area (Å²) in [6.45, 7) is 7.07. The Bertz CT molecular complexity index is 376. The fourth-order valence-corrected chi connectivity index (χ4v) is 1.50. The fourth-order valence-electron chi connectivity index (χ4n) is 1.50. The third-order valence-electron chi connectivity index (χ3n) is 2.73. The largest absolute Gasteiger partial charge is 0.380 e. The van der Waals surface area contributed by atoms with Crippen molar-refractivity contribution in [3.63, 3.8) is 0 Å². The quantitative estimate of drug-likeness (QED) is 0.846. The predicted octanol–water partition coefficient (Wildman–Crippen LogP) is 2.62. The molecule has 0 radical (unpaired) electrons. The van der Waals surface area contributed by atoms with Gasteiger partial charge in [-0.05, 0) is 37.1 Å². The van der Waals surface area contributed by atoms with E-state index >= 15 is 0 Å². The van der Waals surface area contributed by atoms with E-state index in [1.165, 1.54) is 24.3 Å². The minimum Gasteiger partial charge on any atom is -0.380 e. The smallest absolute Gasteiger partial charge is 0.251 e. The van der Waals surface area contributed by atoms with Crippen molar-refractivity contribution < 1.29 is 13.9 Å². The number of hydrogen-bond acceptors (Lipinski definition) is 2. The van der Waals surface area contributed by atoms with E-state index in [2.05, 4.69) is 5.32 Å². The Morgan fingerprint density at radius 3 is 2.44 bits per heavy atom. The van der Waals surface area contributed by atoms with E-state index in [1.807, 2.05) is 20.8 Å². The standard InChI is InChI=1S/C14H20FNO2/c1-4-18-9-13(10(2)3)16-14(17)11-5-7-12(15)8-6-11/h5-8,10,13H,4,9H2,1-3H3,(H,16,17). The Morgan fingerprint density at radius 1 is 1.33 bits per heavy atom. The van der Waals surface area contributed by atoms with Crippen LogP contribution in [0.2, 0.25) is 0 Å². The zero-order chi connectivity index (χ0) is 13.5. The molecule has 0 bridgehead atoms. The summed E-state index contributed by atoms with van der Waals surface area (Å²) in [6.07, 6.45) is 0. The lowest BCUT2D eigenvalue weighted by atomic mass is 10.0. The number of nitrogens with one attached hydrogen (secondary N) is 1. The summed E-state index contributed by atoms with van der Waals surface area (Å²) >= 11 is 0. The van der Waals surface area contributed by atoms with Crippen molar-refractivity contribution in [1.29, 1.82) is 0 Å². The molecule has 18 heavy (non-hydrogen) atoms. The molecule has 100 valence electrons. The second-order valence-corrected chi connectivity index (χ2v) is 4.49. The number of benzene rings is 1. The molecule has 3 nitrogen and oxygen atoms in total. The lowest BCUT2D eigenvalue weighted by molar-refractivity contribution is 0.0806. The third-order valence-corrected chi connectivity index (χ3v) is 2.73. The molecular formula is C14H20FNO2. The van der Waals surface area contributed by atoms with Crippen LogP contribution in [-0.4, -0.2) is 25.2 Å². The highest BCUT2D eigenvalue weighted by atomic mass is 19.1.